The fraction of sp³-hybridized carbons (Fsp3) is 0.909. The van der Waals surface area contributed by atoms with Crippen LogP contribution in [0.15, 0.2) is 24.3 Å². The second-order valence-corrected chi connectivity index (χ2v) is 21.8. The van der Waals surface area contributed by atoms with Crippen LogP contribution in [0.25, 0.3) is 0 Å². The van der Waals surface area contributed by atoms with Gasteiger partial charge in [-0.25, -0.2) is 4.57 Å². The van der Waals surface area contributed by atoms with E-state index in [1.54, 1.807) is 0 Å². The highest BCUT2D eigenvalue weighted by molar-refractivity contribution is 7.47. The summed E-state index contributed by atoms with van der Waals surface area (Å²) < 4.78 is 23.7. The molecule has 380 valence electrons. The largest absolute Gasteiger partial charge is 0.472 e. The summed E-state index contributed by atoms with van der Waals surface area (Å²) in [6.45, 7) is 4.86. The Morgan fingerprint density at radius 2 is 0.906 bits per heavy atom. The Morgan fingerprint density at radius 1 is 0.531 bits per heavy atom. The molecule has 0 fully saturated rings. The predicted molar refractivity (Wildman–Crippen MR) is 277 cm³/mol. The van der Waals surface area contributed by atoms with Gasteiger partial charge < -0.3 is 19.8 Å². The molecular weight excluding hydrogens is 816 g/mol. The molecule has 0 spiro atoms. The number of phosphoric acid groups is 1. The number of aliphatic hydroxyl groups is 1. The molecule has 0 aromatic rings. The molecule has 0 aliphatic rings. The van der Waals surface area contributed by atoms with E-state index in [0.717, 1.165) is 64.2 Å². The lowest BCUT2D eigenvalue weighted by atomic mass is 10.0. The minimum atomic E-state index is -4.32. The third-order valence-electron chi connectivity index (χ3n) is 12.7. The molecule has 0 heterocycles. The monoisotopic (exact) mass is 926 g/mol. The van der Waals surface area contributed by atoms with Gasteiger partial charge in [-0.1, -0.05) is 250 Å². The van der Waals surface area contributed by atoms with Crippen molar-refractivity contribution in [1.29, 1.82) is 0 Å². The maximum Gasteiger partial charge on any atom is 0.472 e. The number of allylic oxidation sites excluding steroid dienone is 4. The van der Waals surface area contributed by atoms with Crippen molar-refractivity contribution in [3.63, 3.8) is 0 Å². The van der Waals surface area contributed by atoms with Gasteiger partial charge >= 0.3 is 7.82 Å². The van der Waals surface area contributed by atoms with E-state index in [9.17, 15) is 19.4 Å². The molecule has 9 heteroatoms. The maximum atomic E-state index is 12.9. The summed E-state index contributed by atoms with van der Waals surface area (Å²) in [5.74, 6) is -0.156. The van der Waals surface area contributed by atoms with Crippen molar-refractivity contribution < 1.29 is 32.9 Å². The number of carbonyl (C=O) groups excluding carboxylic acids is 1. The Hall–Kier alpha value is -1.02. The molecule has 0 aromatic heterocycles. The maximum absolute atomic E-state index is 12.9. The van der Waals surface area contributed by atoms with Crippen molar-refractivity contribution in [1.82, 2.24) is 5.32 Å². The van der Waals surface area contributed by atoms with Crippen molar-refractivity contribution in [2.45, 2.75) is 283 Å². The number of phosphoric ester groups is 1. The highest BCUT2D eigenvalue weighted by Crippen LogP contribution is 2.43. The number of hydrogen-bond donors (Lipinski definition) is 3. The Balaban J connectivity index is 4.09. The smallest absolute Gasteiger partial charge is 0.391 e. The normalized spacial score (nSPS) is 14.2. The number of unbranched alkanes of at least 4 members (excludes halogenated alkanes) is 34. The Morgan fingerprint density at radius 3 is 1.33 bits per heavy atom. The molecule has 0 radical (unpaired) electrons. The quantitative estimate of drug-likeness (QED) is 0.0243. The number of hydrogen-bond acceptors (Lipinski definition) is 5. The average Bonchev–Trinajstić information content (AvgIpc) is 3.25. The number of rotatable bonds is 51. The van der Waals surface area contributed by atoms with Crippen molar-refractivity contribution in [3.05, 3.63) is 24.3 Å². The number of nitrogens with zero attached hydrogens (tertiary/aromatic N) is 1. The van der Waals surface area contributed by atoms with Crippen LogP contribution in [0, 0.1) is 0 Å². The molecule has 64 heavy (non-hydrogen) atoms. The number of likely N-dealkylation sites (N-methyl/N-ethyl adjacent to an activating group) is 1. The van der Waals surface area contributed by atoms with Crippen LogP contribution in [0.2, 0.25) is 0 Å². The number of aliphatic hydroxyl groups excluding tert-OH is 1. The van der Waals surface area contributed by atoms with E-state index < -0.39 is 20.0 Å². The van der Waals surface area contributed by atoms with Gasteiger partial charge in [0.05, 0.1) is 39.9 Å². The minimum absolute atomic E-state index is 0.0727. The third kappa shape index (κ3) is 48.9. The molecule has 3 unspecified atom stereocenters. The summed E-state index contributed by atoms with van der Waals surface area (Å²) >= 11 is 0. The van der Waals surface area contributed by atoms with Gasteiger partial charge in [-0.15, -0.1) is 0 Å². The van der Waals surface area contributed by atoms with Gasteiger partial charge in [0, 0.05) is 6.42 Å². The van der Waals surface area contributed by atoms with Gasteiger partial charge in [0.2, 0.25) is 5.91 Å². The van der Waals surface area contributed by atoms with E-state index in [-0.39, 0.29) is 19.1 Å². The van der Waals surface area contributed by atoms with Gasteiger partial charge in [0.1, 0.15) is 13.2 Å². The van der Waals surface area contributed by atoms with Gasteiger partial charge in [-0.2, -0.15) is 0 Å². The first kappa shape index (κ1) is 63.0. The molecule has 3 N–H and O–H groups in total. The van der Waals surface area contributed by atoms with Gasteiger partial charge in [0.15, 0.2) is 0 Å². The van der Waals surface area contributed by atoms with Gasteiger partial charge in [-0.3, -0.25) is 13.8 Å². The lowest BCUT2D eigenvalue weighted by molar-refractivity contribution is -0.870. The van der Waals surface area contributed by atoms with E-state index >= 15 is 0 Å². The average molecular weight is 926 g/mol. The lowest BCUT2D eigenvalue weighted by Gasteiger charge is -2.26. The van der Waals surface area contributed by atoms with Crippen LogP contribution in [0.3, 0.4) is 0 Å². The molecule has 0 aliphatic carbocycles. The van der Waals surface area contributed by atoms with Crippen molar-refractivity contribution >= 4 is 13.7 Å². The second-order valence-electron chi connectivity index (χ2n) is 20.3. The highest BCUT2D eigenvalue weighted by atomic mass is 31.2. The van der Waals surface area contributed by atoms with E-state index in [1.165, 1.54) is 180 Å². The SMILES string of the molecule is CCCC/C=C\C/C=C\CCCCCCCC(=O)NC(COP(=O)(O)OCC[N+](C)(C)C)C(O)CCCCCCCCCCCCCCCCCCCCCCCCCCCCCC. The lowest BCUT2D eigenvalue weighted by Crippen LogP contribution is -2.46. The van der Waals surface area contributed by atoms with Crippen LogP contribution in [0.1, 0.15) is 271 Å². The predicted octanol–water partition coefficient (Wildman–Crippen LogP) is 16.4. The zero-order valence-corrected chi connectivity index (χ0v) is 44.2. The Labute approximate surface area is 398 Å². The molecule has 0 saturated carbocycles. The zero-order chi connectivity index (χ0) is 47.1. The standard InChI is InChI=1S/C55H109N2O6P/c1-6-8-10-12-14-16-18-20-22-23-24-25-26-27-28-29-30-31-32-33-34-35-36-38-40-42-44-46-48-54(58)53(52-63-64(60,61)62-51-50-57(3,4)5)56-55(59)49-47-45-43-41-39-37-21-19-17-15-13-11-9-7-2/h13,15,19,21,53-54,58H,6-12,14,16-18,20,22-52H2,1-5H3,(H-,56,59,60,61)/p+1/b15-13-,21-19-. The van der Waals surface area contributed by atoms with E-state index in [4.69, 9.17) is 9.05 Å². The fourth-order valence-corrected chi connectivity index (χ4v) is 9.04. The summed E-state index contributed by atoms with van der Waals surface area (Å²) in [6.07, 6.45) is 58.1. The number of nitrogens with one attached hydrogen (secondary N) is 1. The highest BCUT2D eigenvalue weighted by Gasteiger charge is 2.28. The van der Waals surface area contributed by atoms with Crippen LogP contribution < -0.4 is 5.32 Å². The fourth-order valence-electron chi connectivity index (χ4n) is 8.30. The van der Waals surface area contributed by atoms with Gasteiger partial charge in [0.25, 0.3) is 0 Å². The molecule has 1 amide bonds. The molecule has 0 aromatic carbocycles. The molecule has 0 aliphatic heterocycles. The molecule has 0 bridgehead atoms. The number of carbonyl (C=O) groups is 1. The first-order chi connectivity index (χ1) is 31.0. The van der Waals surface area contributed by atoms with Crippen LogP contribution in [0.5, 0.6) is 0 Å². The minimum Gasteiger partial charge on any atom is -0.391 e. The Bertz CT molecular complexity index is 1090. The van der Waals surface area contributed by atoms with E-state index in [2.05, 4.69) is 43.5 Å². The van der Waals surface area contributed by atoms with E-state index in [0.29, 0.717) is 23.9 Å². The molecule has 0 saturated heterocycles. The first-order valence-electron chi connectivity index (χ1n) is 27.7. The van der Waals surface area contributed by atoms with E-state index in [1.807, 2.05) is 21.1 Å². The van der Waals surface area contributed by atoms with Crippen molar-refractivity contribution in [2.75, 3.05) is 40.9 Å². The second kappa shape index (κ2) is 47.1. The topological polar surface area (TPSA) is 105 Å². The summed E-state index contributed by atoms with van der Waals surface area (Å²) in [4.78, 5) is 23.2. The first-order valence-corrected chi connectivity index (χ1v) is 29.2. The van der Waals surface area contributed by atoms with Crippen molar-refractivity contribution in [2.24, 2.45) is 0 Å². The molecule has 3 atom stereocenters. The molecule has 8 nitrogen and oxygen atoms in total. The molecular formula is C55H110N2O6P+. The van der Waals surface area contributed by atoms with Crippen LogP contribution in [-0.4, -0.2) is 73.4 Å². The molecule has 0 rings (SSSR count). The number of amides is 1. The zero-order valence-electron chi connectivity index (χ0n) is 43.3. The summed E-state index contributed by atoms with van der Waals surface area (Å²) in [5, 5.41) is 14.0. The third-order valence-corrected chi connectivity index (χ3v) is 13.7. The summed E-state index contributed by atoms with van der Waals surface area (Å²) in [6, 6.07) is -0.767. The summed E-state index contributed by atoms with van der Waals surface area (Å²) in [7, 11) is 1.61. The van der Waals surface area contributed by atoms with Crippen LogP contribution in [0.4, 0.5) is 0 Å². The van der Waals surface area contributed by atoms with Crippen molar-refractivity contribution in [3.8, 4) is 0 Å². The van der Waals surface area contributed by atoms with Crippen LogP contribution >= 0.6 is 7.82 Å². The number of quaternary nitrogens is 1. The summed E-state index contributed by atoms with van der Waals surface area (Å²) in [5.41, 5.74) is 0. The Kier molecular flexibility index (Phi) is 46.3. The van der Waals surface area contributed by atoms with Crippen LogP contribution in [-0.2, 0) is 18.4 Å². The van der Waals surface area contributed by atoms with Gasteiger partial charge in [-0.05, 0) is 38.5 Å².